The normalized spacial score (nSPS) is 19.3. The van der Waals surface area contributed by atoms with E-state index in [1.807, 2.05) is 6.07 Å². The second-order valence-corrected chi connectivity index (χ2v) is 6.80. The van der Waals surface area contributed by atoms with Crippen LogP contribution >= 0.6 is 27.5 Å². The molecule has 1 saturated carbocycles. The molecule has 1 aliphatic carbocycles. The molecule has 0 heterocycles. The second-order valence-electron chi connectivity index (χ2n) is 5.48. The number of hydrogen-bond acceptors (Lipinski definition) is 1. The van der Waals surface area contributed by atoms with Crippen molar-refractivity contribution in [1.82, 2.24) is 5.32 Å². The Morgan fingerprint density at radius 3 is 2.67 bits per heavy atom. The molecule has 0 bridgehead atoms. The van der Waals surface area contributed by atoms with E-state index < -0.39 is 0 Å². The van der Waals surface area contributed by atoms with Crippen LogP contribution in [-0.4, -0.2) is 6.54 Å². The van der Waals surface area contributed by atoms with Crippen molar-refractivity contribution in [2.45, 2.75) is 45.6 Å². The monoisotopic (exact) mass is 329 g/mol. The molecular formula is C15H21BrClN. The van der Waals surface area contributed by atoms with E-state index in [-0.39, 0.29) is 0 Å². The average molecular weight is 331 g/mol. The van der Waals surface area contributed by atoms with Crippen LogP contribution in [0.1, 0.15) is 51.1 Å². The smallest absolute Gasteiger partial charge is 0.0464 e. The highest BCUT2D eigenvalue weighted by Gasteiger charge is 2.34. The van der Waals surface area contributed by atoms with Crippen LogP contribution in [0.5, 0.6) is 0 Å². The Bertz CT molecular complexity index is 409. The molecule has 0 saturated heterocycles. The summed E-state index contributed by atoms with van der Waals surface area (Å²) >= 11 is 9.73. The summed E-state index contributed by atoms with van der Waals surface area (Å²) in [7, 11) is 0. The van der Waals surface area contributed by atoms with Gasteiger partial charge in [-0.1, -0.05) is 46.9 Å². The molecule has 1 aromatic carbocycles. The van der Waals surface area contributed by atoms with E-state index >= 15 is 0 Å². The predicted octanol–water partition coefficient (Wildman–Crippen LogP) is 5.33. The van der Waals surface area contributed by atoms with E-state index in [2.05, 4.69) is 47.2 Å². The summed E-state index contributed by atoms with van der Waals surface area (Å²) in [5.74, 6) is 0. The third-order valence-corrected chi connectivity index (χ3v) is 5.20. The van der Waals surface area contributed by atoms with E-state index in [1.54, 1.807) is 0 Å². The molecule has 1 aromatic rings. The van der Waals surface area contributed by atoms with E-state index in [4.69, 9.17) is 11.6 Å². The minimum atomic E-state index is 0.314. The van der Waals surface area contributed by atoms with Crippen LogP contribution in [0.4, 0.5) is 0 Å². The van der Waals surface area contributed by atoms with E-state index in [1.165, 1.54) is 31.2 Å². The van der Waals surface area contributed by atoms with Gasteiger partial charge in [-0.05, 0) is 49.3 Å². The lowest BCUT2D eigenvalue weighted by Gasteiger charge is -2.42. The highest BCUT2D eigenvalue weighted by molar-refractivity contribution is 9.10. The number of nitrogens with one attached hydrogen (secondary N) is 1. The quantitative estimate of drug-likeness (QED) is 0.769. The Hall–Kier alpha value is -0.0500. The van der Waals surface area contributed by atoms with Crippen molar-refractivity contribution in [3.63, 3.8) is 0 Å². The fourth-order valence-electron chi connectivity index (χ4n) is 2.66. The molecule has 0 aliphatic heterocycles. The maximum absolute atomic E-state index is 6.29. The fraction of sp³-hybridized carbons (Fsp3) is 0.600. The van der Waals surface area contributed by atoms with Crippen molar-refractivity contribution in [2.24, 2.45) is 5.41 Å². The van der Waals surface area contributed by atoms with Gasteiger partial charge >= 0.3 is 0 Å². The minimum Gasteiger partial charge on any atom is -0.310 e. The molecule has 3 heteroatoms. The first-order valence-corrected chi connectivity index (χ1v) is 7.92. The lowest BCUT2D eigenvalue weighted by Crippen LogP contribution is -2.40. The summed E-state index contributed by atoms with van der Waals surface area (Å²) in [6, 6.07) is 6.44. The van der Waals surface area contributed by atoms with Gasteiger partial charge < -0.3 is 5.32 Å². The first kappa shape index (κ1) is 14.4. The Labute approximate surface area is 123 Å². The van der Waals surface area contributed by atoms with Gasteiger partial charge in [0, 0.05) is 22.1 Å². The van der Waals surface area contributed by atoms with Crippen LogP contribution in [0.3, 0.4) is 0 Å². The van der Waals surface area contributed by atoms with Crippen molar-refractivity contribution in [2.75, 3.05) is 6.54 Å². The van der Waals surface area contributed by atoms with Crippen LogP contribution in [0.2, 0.25) is 5.02 Å². The highest BCUT2D eigenvalue weighted by Crippen LogP contribution is 2.43. The van der Waals surface area contributed by atoms with Crippen LogP contribution in [0, 0.1) is 5.41 Å². The Morgan fingerprint density at radius 1 is 1.44 bits per heavy atom. The summed E-state index contributed by atoms with van der Waals surface area (Å²) in [6.07, 6.45) is 5.41. The molecule has 18 heavy (non-hydrogen) atoms. The van der Waals surface area contributed by atoms with Gasteiger partial charge in [0.15, 0.2) is 0 Å². The van der Waals surface area contributed by atoms with Crippen molar-refractivity contribution >= 4 is 27.5 Å². The third-order valence-electron chi connectivity index (χ3n) is 4.38. The summed E-state index contributed by atoms with van der Waals surface area (Å²) in [6.45, 7) is 5.60. The number of benzene rings is 1. The topological polar surface area (TPSA) is 12.0 Å². The lowest BCUT2D eigenvalue weighted by molar-refractivity contribution is 0.120. The van der Waals surface area contributed by atoms with E-state index in [9.17, 15) is 0 Å². The average Bonchev–Trinajstić information content (AvgIpc) is 2.27. The minimum absolute atomic E-state index is 0.314. The van der Waals surface area contributed by atoms with Gasteiger partial charge in [-0.2, -0.15) is 0 Å². The molecule has 100 valence electrons. The van der Waals surface area contributed by atoms with Gasteiger partial charge in [-0.3, -0.25) is 0 Å². The first-order chi connectivity index (χ1) is 8.56. The Balaban J connectivity index is 1.97. The van der Waals surface area contributed by atoms with Gasteiger partial charge in [-0.15, -0.1) is 0 Å². The number of rotatable bonds is 5. The van der Waals surface area contributed by atoms with Crippen molar-refractivity contribution in [1.29, 1.82) is 0 Å². The Kier molecular flexibility index (Phi) is 4.74. The summed E-state index contributed by atoms with van der Waals surface area (Å²) in [4.78, 5) is 0. The summed E-state index contributed by atoms with van der Waals surface area (Å²) in [5, 5.41) is 4.49. The molecule has 1 N–H and O–H groups in total. The van der Waals surface area contributed by atoms with Crippen molar-refractivity contribution < 1.29 is 0 Å². The predicted molar refractivity (Wildman–Crippen MR) is 82.1 cm³/mol. The van der Waals surface area contributed by atoms with Crippen molar-refractivity contribution in [3.05, 3.63) is 33.3 Å². The summed E-state index contributed by atoms with van der Waals surface area (Å²) < 4.78 is 1.03. The first-order valence-electron chi connectivity index (χ1n) is 6.75. The van der Waals surface area contributed by atoms with Gasteiger partial charge in [-0.25, -0.2) is 0 Å². The van der Waals surface area contributed by atoms with Gasteiger partial charge in [0.05, 0.1) is 0 Å². The van der Waals surface area contributed by atoms with Gasteiger partial charge in [0.2, 0.25) is 0 Å². The number of hydrogen-bond donors (Lipinski definition) is 1. The maximum atomic E-state index is 6.29. The molecule has 0 amide bonds. The van der Waals surface area contributed by atoms with Crippen LogP contribution in [0.25, 0.3) is 0 Å². The maximum Gasteiger partial charge on any atom is 0.0464 e. The largest absolute Gasteiger partial charge is 0.310 e. The van der Waals surface area contributed by atoms with Crippen LogP contribution < -0.4 is 5.32 Å². The zero-order chi connectivity index (χ0) is 13.2. The highest BCUT2D eigenvalue weighted by atomic mass is 79.9. The molecule has 0 aromatic heterocycles. The fourth-order valence-corrected chi connectivity index (χ4v) is 3.50. The molecule has 0 radical (unpaired) electrons. The SMILES string of the molecule is CCC1(CNC(C)c2ccc(Br)cc2Cl)CCC1. The standard InChI is InChI=1S/C15H21BrClN/c1-3-15(7-4-8-15)10-18-11(2)13-6-5-12(16)9-14(13)17/h5-6,9,11,18H,3-4,7-8,10H2,1-2H3. The number of halogens is 2. The molecule has 1 atom stereocenters. The second kappa shape index (κ2) is 5.94. The van der Waals surface area contributed by atoms with Gasteiger partial charge in [0.25, 0.3) is 0 Å². The molecule has 1 fully saturated rings. The van der Waals surface area contributed by atoms with Crippen LogP contribution in [-0.2, 0) is 0 Å². The van der Waals surface area contributed by atoms with Gasteiger partial charge in [0.1, 0.15) is 0 Å². The van der Waals surface area contributed by atoms with Crippen molar-refractivity contribution in [3.8, 4) is 0 Å². The summed E-state index contributed by atoms with van der Waals surface area (Å²) in [5.41, 5.74) is 1.74. The molecular weight excluding hydrogens is 310 g/mol. The molecule has 1 unspecified atom stereocenters. The lowest BCUT2D eigenvalue weighted by atomic mass is 9.67. The molecule has 1 nitrogen and oxygen atoms in total. The molecule has 1 aliphatic rings. The molecule has 2 rings (SSSR count). The zero-order valence-electron chi connectivity index (χ0n) is 11.1. The zero-order valence-corrected chi connectivity index (χ0v) is 13.4. The van der Waals surface area contributed by atoms with E-state index in [0.717, 1.165) is 16.0 Å². The van der Waals surface area contributed by atoms with Crippen LogP contribution in [0.15, 0.2) is 22.7 Å². The molecule has 0 spiro atoms. The van der Waals surface area contributed by atoms with E-state index in [0.29, 0.717) is 11.5 Å². The Morgan fingerprint density at radius 2 is 2.17 bits per heavy atom. The third kappa shape index (κ3) is 3.09.